The van der Waals surface area contributed by atoms with E-state index in [1.807, 2.05) is 0 Å². The Hall–Kier alpha value is -3.02. The molecule has 2 heterocycles. The summed E-state index contributed by atoms with van der Waals surface area (Å²) in [5.41, 5.74) is 0.723. The number of piperidine rings is 1. The second-order valence-electron chi connectivity index (χ2n) is 5.89. The van der Waals surface area contributed by atoms with Gasteiger partial charge in [-0.05, 0) is 0 Å². The van der Waals surface area contributed by atoms with Crippen LogP contribution in [0, 0.1) is 0 Å². The van der Waals surface area contributed by atoms with E-state index in [9.17, 15) is 19.2 Å². The van der Waals surface area contributed by atoms with Gasteiger partial charge in [0.1, 0.15) is 5.78 Å². The molecule has 6 heteroatoms. The fraction of sp³-hybridized carbons (Fsp3) is 0.222. The molecule has 0 unspecified atom stereocenters. The third-order valence-corrected chi connectivity index (χ3v) is 4.42. The van der Waals surface area contributed by atoms with Crippen molar-refractivity contribution < 1.29 is 23.6 Å². The van der Waals surface area contributed by atoms with Crippen molar-refractivity contribution in [3.8, 4) is 0 Å². The first-order chi connectivity index (χ1) is 11.6. The standard InChI is InChI=1S/C18H13NO5/c20-10-5-7-19(8-6-10)18(23)14-9-13-15(21)11-3-1-2-4-12(11)16(22)17(13)24-14/h1-4,9H,5-8H2. The molecular weight excluding hydrogens is 310 g/mol. The summed E-state index contributed by atoms with van der Waals surface area (Å²) in [6.45, 7) is 0.649. The van der Waals surface area contributed by atoms with Crippen LogP contribution >= 0.6 is 0 Å². The lowest BCUT2D eigenvalue weighted by molar-refractivity contribution is -0.120. The van der Waals surface area contributed by atoms with Gasteiger partial charge in [0, 0.05) is 43.1 Å². The quantitative estimate of drug-likeness (QED) is 0.682. The van der Waals surface area contributed by atoms with Gasteiger partial charge in [0.05, 0.1) is 5.56 Å². The number of carbonyl (C=O) groups is 4. The Morgan fingerprint density at radius 3 is 2.21 bits per heavy atom. The summed E-state index contributed by atoms with van der Waals surface area (Å²) in [6.07, 6.45) is 0.630. The van der Waals surface area contributed by atoms with Gasteiger partial charge in [-0.25, -0.2) is 0 Å². The molecule has 1 aliphatic carbocycles. The molecule has 120 valence electrons. The Labute approximate surface area is 137 Å². The van der Waals surface area contributed by atoms with Crippen LogP contribution in [-0.2, 0) is 4.79 Å². The summed E-state index contributed by atoms with van der Waals surface area (Å²) >= 11 is 0. The third kappa shape index (κ3) is 2.11. The number of carbonyl (C=O) groups excluding carboxylic acids is 4. The topological polar surface area (TPSA) is 84.7 Å². The van der Waals surface area contributed by atoms with Crippen LogP contribution in [0.5, 0.6) is 0 Å². The molecule has 1 aliphatic heterocycles. The lowest BCUT2D eigenvalue weighted by atomic mass is 9.88. The summed E-state index contributed by atoms with van der Waals surface area (Å²) in [5, 5.41) is 0. The van der Waals surface area contributed by atoms with Crippen LogP contribution < -0.4 is 0 Å². The Morgan fingerprint density at radius 2 is 1.54 bits per heavy atom. The first-order valence-electron chi connectivity index (χ1n) is 7.69. The molecule has 1 saturated heterocycles. The van der Waals surface area contributed by atoms with Gasteiger partial charge >= 0.3 is 0 Å². The molecule has 24 heavy (non-hydrogen) atoms. The Kier molecular flexibility index (Phi) is 3.19. The minimum atomic E-state index is -0.401. The largest absolute Gasteiger partial charge is 0.447 e. The van der Waals surface area contributed by atoms with Crippen LogP contribution in [0.4, 0.5) is 0 Å². The number of amides is 1. The first-order valence-corrected chi connectivity index (χ1v) is 7.69. The van der Waals surface area contributed by atoms with E-state index in [0.29, 0.717) is 31.5 Å². The second-order valence-corrected chi connectivity index (χ2v) is 5.89. The van der Waals surface area contributed by atoms with Crippen LogP contribution in [-0.4, -0.2) is 41.2 Å². The zero-order valence-electron chi connectivity index (χ0n) is 12.7. The van der Waals surface area contributed by atoms with Crippen molar-refractivity contribution in [2.24, 2.45) is 0 Å². The van der Waals surface area contributed by atoms with Crippen LogP contribution in [0.25, 0.3) is 0 Å². The third-order valence-electron chi connectivity index (χ3n) is 4.42. The Morgan fingerprint density at radius 1 is 0.917 bits per heavy atom. The van der Waals surface area contributed by atoms with E-state index < -0.39 is 11.7 Å². The Bertz CT molecular complexity index is 845. The molecule has 1 aromatic carbocycles. The number of fused-ring (bicyclic) bond motifs is 2. The maximum absolute atomic E-state index is 12.5. The summed E-state index contributed by atoms with van der Waals surface area (Å²) in [6, 6.07) is 7.85. The van der Waals surface area contributed by atoms with Gasteiger partial charge in [0.15, 0.2) is 17.3 Å². The molecule has 6 nitrogen and oxygen atoms in total. The molecule has 0 radical (unpaired) electrons. The van der Waals surface area contributed by atoms with Crippen molar-refractivity contribution in [1.29, 1.82) is 0 Å². The van der Waals surface area contributed by atoms with Gasteiger partial charge in [0.25, 0.3) is 5.91 Å². The van der Waals surface area contributed by atoms with Gasteiger partial charge < -0.3 is 9.32 Å². The van der Waals surface area contributed by atoms with Crippen molar-refractivity contribution in [2.75, 3.05) is 13.1 Å². The first kappa shape index (κ1) is 14.6. The van der Waals surface area contributed by atoms with Gasteiger partial charge in [-0.15, -0.1) is 0 Å². The van der Waals surface area contributed by atoms with Gasteiger partial charge in [-0.3, -0.25) is 19.2 Å². The van der Waals surface area contributed by atoms with E-state index in [0.717, 1.165) is 0 Å². The number of rotatable bonds is 1. The van der Waals surface area contributed by atoms with Crippen LogP contribution in [0.2, 0.25) is 0 Å². The zero-order valence-corrected chi connectivity index (χ0v) is 12.7. The van der Waals surface area contributed by atoms with Gasteiger partial charge in [-0.2, -0.15) is 0 Å². The minimum absolute atomic E-state index is 0.0381. The number of benzene rings is 1. The minimum Gasteiger partial charge on any atom is -0.447 e. The van der Waals surface area contributed by atoms with Crippen molar-refractivity contribution in [1.82, 2.24) is 4.90 Å². The molecular formula is C18H13NO5. The number of likely N-dealkylation sites (tertiary alicyclic amines) is 1. The van der Waals surface area contributed by atoms with Crippen LogP contribution in [0.1, 0.15) is 55.4 Å². The summed E-state index contributed by atoms with van der Waals surface area (Å²) < 4.78 is 5.44. The predicted octanol–water partition coefficient (Wildman–Crippen LogP) is 1.86. The van der Waals surface area contributed by atoms with Crippen molar-refractivity contribution in [3.63, 3.8) is 0 Å². The molecule has 4 rings (SSSR count). The Balaban J connectivity index is 1.70. The van der Waals surface area contributed by atoms with E-state index in [4.69, 9.17) is 4.42 Å². The predicted molar refractivity (Wildman–Crippen MR) is 82.2 cm³/mol. The summed E-state index contributed by atoms with van der Waals surface area (Å²) in [5.74, 6) is -1.12. The molecule has 2 aromatic rings. The normalized spacial score (nSPS) is 16.8. The molecule has 0 atom stereocenters. The molecule has 1 amide bonds. The molecule has 0 N–H and O–H groups in total. The SMILES string of the molecule is O=C1CCN(C(=O)c2cc3c(o2)C(=O)c2ccccc2C3=O)CC1. The zero-order chi connectivity index (χ0) is 16.8. The fourth-order valence-corrected chi connectivity index (χ4v) is 3.10. The highest BCUT2D eigenvalue weighted by Gasteiger charge is 2.35. The van der Waals surface area contributed by atoms with E-state index in [1.54, 1.807) is 24.3 Å². The van der Waals surface area contributed by atoms with Crippen molar-refractivity contribution >= 4 is 23.3 Å². The lowest BCUT2D eigenvalue weighted by Crippen LogP contribution is -2.38. The lowest BCUT2D eigenvalue weighted by Gasteiger charge is -2.24. The fourth-order valence-electron chi connectivity index (χ4n) is 3.10. The van der Waals surface area contributed by atoms with Crippen LogP contribution in [0.15, 0.2) is 34.7 Å². The maximum atomic E-state index is 12.5. The number of furan rings is 1. The number of Topliss-reactive ketones (excluding diaryl/α,β-unsaturated/α-hetero) is 1. The number of hydrogen-bond acceptors (Lipinski definition) is 5. The van der Waals surface area contributed by atoms with Crippen molar-refractivity contribution in [2.45, 2.75) is 12.8 Å². The molecule has 0 bridgehead atoms. The van der Waals surface area contributed by atoms with E-state index in [1.165, 1.54) is 11.0 Å². The summed E-state index contributed by atoms with van der Waals surface area (Å²) in [7, 11) is 0. The summed E-state index contributed by atoms with van der Waals surface area (Å²) in [4.78, 5) is 50.3. The average molecular weight is 323 g/mol. The monoisotopic (exact) mass is 323 g/mol. The number of nitrogens with zero attached hydrogens (tertiary/aromatic N) is 1. The second kappa shape index (κ2) is 5.26. The number of hydrogen-bond donors (Lipinski definition) is 0. The molecule has 0 spiro atoms. The highest BCUT2D eigenvalue weighted by atomic mass is 16.4. The number of ketones is 3. The van der Waals surface area contributed by atoms with Crippen LogP contribution in [0.3, 0.4) is 0 Å². The highest BCUT2D eigenvalue weighted by molar-refractivity contribution is 6.27. The molecule has 2 aliphatic rings. The van der Waals surface area contributed by atoms with Gasteiger partial charge in [-0.1, -0.05) is 24.3 Å². The van der Waals surface area contributed by atoms with E-state index in [2.05, 4.69) is 0 Å². The smallest absolute Gasteiger partial charge is 0.289 e. The van der Waals surface area contributed by atoms with Gasteiger partial charge in [0.2, 0.25) is 5.78 Å². The molecule has 0 saturated carbocycles. The molecule has 1 aromatic heterocycles. The van der Waals surface area contributed by atoms with E-state index >= 15 is 0 Å². The van der Waals surface area contributed by atoms with E-state index in [-0.39, 0.29) is 34.2 Å². The maximum Gasteiger partial charge on any atom is 0.289 e. The average Bonchev–Trinajstić information content (AvgIpc) is 3.05. The molecule has 1 fully saturated rings. The highest BCUT2D eigenvalue weighted by Crippen LogP contribution is 2.30. The van der Waals surface area contributed by atoms with Crippen molar-refractivity contribution in [3.05, 3.63) is 58.5 Å².